The summed E-state index contributed by atoms with van der Waals surface area (Å²) in [5.41, 5.74) is 6.71. The molecule has 2 heterocycles. The first kappa shape index (κ1) is 15.9. The second-order valence-electron chi connectivity index (χ2n) is 6.78. The molecule has 3 aromatic rings. The van der Waals surface area contributed by atoms with Gasteiger partial charge in [-0.2, -0.15) is 0 Å². The van der Waals surface area contributed by atoms with Gasteiger partial charge in [-0.15, -0.1) is 0 Å². The van der Waals surface area contributed by atoms with Gasteiger partial charge in [0.1, 0.15) is 0 Å². The van der Waals surface area contributed by atoms with Crippen molar-refractivity contribution in [3.05, 3.63) is 70.4 Å². The molecule has 0 atom stereocenters. The number of aromatic nitrogens is 1. The molecule has 1 aliphatic rings. The smallest absolute Gasteiger partial charge is 0.340 e. The zero-order valence-electron chi connectivity index (χ0n) is 14.9. The lowest BCUT2D eigenvalue weighted by Crippen LogP contribution is -2.15. The number of benzene rings is 2. The summed E-state index contributed by atoms with van der Waals surface area (Å²) in [6.45, 7) is 4.76. The third-order valence-electron chi connectivity index (χ3n) is 5.24. The van der Waals surface area contributed by atoms with Gasteiger partial charge >= 0.3 is 5.97 Å². The van der Waals surface area contributed by atoms with Gasteiger partial charge in [-0.05, 0) is 35.7 Å². The van der Waals surface area contributed by atoms with Gasteiger partial charge in [0.25, 0.3) is 0 Å². The SMILES string of the molecule is COC(=O)c1c(C)n(C)c2cc3c(cc12)CN(Cc1ccccc1)C3. The van der Waals surface area contributed by atoms with E-state index in [1.807, 2.05) is 20.0 Å². The maximum Gasteiger partial charge on any atom is 0.340 e. The molecule has 0 saturated heterocycles. The number of ether oxygens (including phenoxy) is 1. The van der Waals surface area contributed by atoms with E-state index in [0.29, 0.717) is 5.56 Å². The van der Waals surface area contributed by atoms with Crippen molar-refractivity contribution in [3.63, 3.8) is 0 Å². The molecule has 0 radical (unpaired) electrons. The van der Waals surface area contributed by atoms with Gasteiger partial charge in [0.15, 0.2) is 0 Å². The number of fused-ring (bicyclic) bond motifs is 2. The normalized spacial score (nSPS) is 14.0. The lowest BCUT2D eigenvalue weighted by atomic mass is 10.0. The molecule has 0 aliphatic carbocycles. The van der Waals surface area contributed by atoms with Crippen LogP contribution in [0.2, 0.25) is 0 Å². The Balaban J connectivity index is 1.71. The third kappa shape index (κ3) is 2.63. The largest absolute Gasteiger partial charge is 0.465 e. The van der Waals surface area contributed by atoms with Crippen molar-refractivity contribution < 1.29 is 9.53 Å². The first-order valence-electron chi connectivity index (χ1n) is 8.54. The van der Waals surface area contributed by atoms with Crippen LogP contribution >= 0.6 is 0 Å². The highest BCUT2D eigenvalue weighted by Gasteiger charge is 2.24. The molecule has 25 heavy (non-hydrogen) atoms. The molecule has 1 aliphatic heterocycles. The minimum Gasteiger partial charge on any atom is -0.465 e. The Morgan fingerprint density at radius 3 is 2.48 bits per heavy atom. The van der Waals surface area contributed by atoms with E-state index in [9.17, 15) is 4.79 Å². The second-order valence-corrected chi connectivity index (χ2v) is 6.78. The number of hydrogen-bond acceptors (Lipinski definition) is 3. The molecule has 0 saturated carbocycles. The highest BCUT2D eigenvalue weighted by Crippen LogP contribution is 2.33. The number of rotatable bonds is 3. The lowest BCUT2D eigenvalue weighted by Gasteiger charge is -2.14. The number of hydrogen-bond donors (Lipinski definition) is 0. The maximum absolute atomic E-state index is 12.2. The predicted molar refractivity (Wildman–Crippen MR) is 98.4 cm³/mol. The molecule has 4 heteroatoms. The summed E-state index contributed by atoms with van der Waals surface area (Å²) in [5, 5.41) is 0.993. The van der Waals surface area contributed by atoms with Crippen LogP contribution in [-0.4, -0.2) is 22.5 Å². The third-order valence-corrected chi connectivity index (χ3v) is 5.24. The fraction of sp³-hybridized carbons (Fsp3) is 0.286. The Kier molecular flexibility index (Phi) is 3.85. The fourth-order valence-electron chi connectivity index (χ4n) is 3.84. The van der Waals surface area contributed by atoms with Crippen molar-refractivity contribution in [1.29, 1.82) is 0 Å². The van der Waals surface area contributed by atoms with Gasteiger partial charge in [-0.1, -0.05) is 30.3 Å². The maximum atomic E-state index is 12.2. The molecule has 4 rings (SSSR count). The zero-order chi connectivity index (χ0) is 17.6. The van der Waals surface area contributed by atoms with Crippen molar-refractivity contribution in [2.75, 3.05) is 7.11 Å². The number of esters is 1. The molecule has 4 nitrogen and oxygen atoms in total. The van der Waals surface area contributed by atoms with Gasteiger partial charge in [-0.3, -0.25) is 4.90 Å². The monoisotopic (exact) mass is 334 g/mol. The van der Waals surface area contributed by atoms with Crippen LogP contribution in [0.3, 0.4) is 0 Å². The van der Waals surface area contributed by atoms with Gasteiger partial charge in [0.05, 0.1) is 12.7 Å². The number of carbonyl (C=O) groups excluding carboxylic acids is 1. The van der Waals surface area contributed by atoms with E-state index >= 15 is 0 Å². The Morgan fingerprint density at radius 1 is 1.12 bits per heavy atom. The number of carbonyl (C=O) groups is 1. The number of aryl methyl sites for hydroxylation is 1. The van der Waals surface area contributed by atoms with Crippen molar-refractivity contribution in [3.8, 4) is 0 Å². The van der Waals surface area contributed by atoms with Crippen LogP contribution in [0, 0.1) is 6.92 Å². The van der Waals surface area contributed by atoms with E-state index in [4.69, 9.17) is 4.74 Å². The quantitative estimate of drug-likeness (QED) is 0.684. The van der Waals surface area contributed by atoms with E-state index in [1.165, 1.54) is 23.8 Å². The minimum atomic E-state index is -0.262. The Morgan fingerprint density at radius 2 is 1.80 bits per heavy atom. The molecule has 0 bridgehead atoms. The summed E-state index contributed by atoms with van der Waals surface area (Å²) >= 11 is 0. The summed E-state index contributed by atoms with van der Waals surface area (Å²) in [5.74, 6) is -0.262. The molecule has 1 aromatic heterocycles. The molecular weight excluding hydrogens is 312 g/mol. The molecular formula is C21H22N2O2. The van der Waals surface area contributed by atoms with Gasteiger partial charge in [0, 0.05) is 43.3 Å². The number of nitrogens with zero attached hydrogens (tertiary/aromatic N) is 2. The Hall–Kier alpha value is -2.59. The average Bonchev–Trinajstić information content (AvgIpc) is 3.12. The fourth-order valence-corrected chi connectivity index (χ4v) is 3.84. The summed E-state index contributed by atoms with van der Waals surface area (Å²) in [6, 6.07) is 14.9. The van der Waals surface area contributed by atoms with E-state index in [-0.39, 0.29) is 5.97 Å². The van der Waals surface area contributed by atoms with E-state index in [1.54, 1.807) is 0 Å². The van der Waals surface area contributed by atoms with Gasteiger partial charge < -0.3 is 9.30 Å². The first-order chi connectivity index (χ1) is 12.1. The van der Waals surface area contributed by atoms with Crippen molar-refractivity contribution >= 4 is 16.9 Å². The van der Waals surface area contributed by atoms with Gasteiger partial charge in [-0.25, -0.2) is 4.79 Å². The van der Waals surface area contributed by atoms with Crippen LogP contribution in [0.25, 0.3) is 10.9 Å². The van der Waals surface area contributed by atoms with E-state index in [2.05, 4.69) is 45.9 Å². The summed E-state index contributed by atoms with van der Waals surface area (Å²) in [4.78, 5) is 14.7. The van der Waals surface area contributed by atoms with E-state index < -0.39 is 0 Å². The van der Waals surface area contributed by atoms with Gasteiger partial charge in [0.2, 0.25) is 0 Å². The molecule has 128 valence electrons. The predicted octanol–water partition coefficient (Wildman–Crippen LogP) is 3.79. The topological polar surface area (TPSA) is 34.5 Å². The van der Waals surface area contributed by atoms with Crippen molar-refractivity contribution in [1.82, 2.24) is 9.47 Å². The number of methoxy groups -OCH3 is 1. The lowest BCUT2D eigenvalue weighted by molar-refractivity contribution is 0.0602. The van der Waals surface area contributed by atoms with E-state index in [0.717, 1.165) is 36.2 Å². The molecule has 2 aromatic carbocycles. The van der Waals surface area contributed by atoms with Crippen LogP contribution in [0.1, 0.15) is 32.7 Å². The zero-order valence-corrected chi connectivity index (χ0v) is 14.9. The van der Waals surface area contributed by atoms with Crippen molar-refractivity contribution in [2.45, 2.75) is 26.6 Å². The summed E-state index contributed by atoms with van der Waals surface area (Å²) < 4.78 is 7.08. The van der Waals surface area contributed by atoms with Crippen LogP contribution in [0.5, 0.6) is 0 Å². The molecule has 0 fully saturated rings. The molecule has 0 N–H and O–H groups in total. The highest BCUT2D eigenvalue weighted by atomic mass is 16.5. The highest BCUT2D eigenvalue weighted by molar-refractivity contribution is 6.06. The average molecular weight is 334 g/mol. The van der Waals surface area contributed by atoms with Crippen LogP contribution < -0.4 is 0 Å². The summed E-state index contributed by atoms with van der Waals surface area (Å²) in [6.07, 6.45) is 0. The second kappa shape index (κ2) is 6.05. The van der Waals surface area contributed by atoms with Crippen LogP contribution in [-0.2, 0) is 31.4 Å². The standard InChI is InChI=1S/C21H22N2O2/c1-14-20(21(24)25-3)18-9-16-12-23(11-15-7-5-4-6-8-15)13-17(16)10-19(18)22(14)2/h4-10H,11-13H2,1-3H3. The molecule has 0 amide bonds. The van der Waals surface area contributed by atoms with Crippen molar-refractivity contribution in [2.24, 2.45) is 7.05 Å². The molecule has 0 unspecified atom stereocenters. The molecule has 0 spiro atoms. The Bertz CT molecular complexity index is 957. The van der Waals surface area contributed by atoms with Crippen LogP contribution in [0.15, 0.2) is 42.5 Å². The summed E-state index contributed by atoms with van der Waals surface area (Å²) in [7, 11) is 3.45. The minimum absolute atomic E-state index is 0.262. The first-order valence-corrected chi connectivity index (χ1v) is 8.54. The van der Waals surface area contributed by atoms with Crippen LogP contribution in [0.4, 0.5) is 0 Å². The Labute approximate surface area is 147 Å².